The van der Waals surface area contributed by atoms with Crippen LogP contribution in [0.2, 0.25) is 0 Å². The van der Waals surface area contributed by atoms with Crippen LogP contribution >= 0.6 is 0 Å². The molecule has 0 saturated carbocycles. The standard InChI is InChI=1S/C17H26O7/c1-18-15-2-3-16-17(14-15)24-13-11-22-9-7-20-5-4-19-6-8-21-10-12-23-16/h2-3,14H,4-13H2,1H3. The van der Waals surface area contributed by atoms with Gasteiger partial charge < -0.3 is 33.2 Å². The summed E-state index contributed by atoms with van der Waals surface area (Å²) in [5, 5.41) is 0. The highest BCUT2D eigenvalue weighted by Gasteiger charge is 2.08. The van der Waals surface area contributed by atoms with E-state index in [1.807, 2.05) is 12.1 Å². The van der Waals surface area contributed by atoms with Crippen molar-refractivity contribution < 1.29 is 33.2 Å². The molecular formula is C17H26O7. The van der Waals surface area contributed by atoms with Crippen LogP contribution in [0.5, 0.6) is 17.2 Å². The minimum Gasteiger partial charge on any atom is -0.497 e. The Labute approximate surface area is 142 Å². The molecule has 136 valence electrons. The van der Waals surface area contributed by atoms with Crippen LogP contribution in [0.4, 0.5) is 0 Å². The van der Waals surface area contributed by atoms with Gasteiger partial charge in [-0.25, -0.2) is 0 Å². The lowest BCUT2D eigenvalue weighted by atomic mass is 10.3. The lowest BCUT2D eigenvalue weighted by molar-refractivity contribution is -0.00842. The van der Waals surface area contributed by atoms with Crippen molar-refractivity contribution in [2.45, 2.75) is 0 Å². The van der Waals surface area contributed by atoms with Crippen LogP contribution < -0.4 is 14.2 Å². The van der Waals surface area contributed by atoms with E-state index in [1.54, 1.807) is 13.2 Å². The predicted molar refractivity (Wildman–Crippen MR) is 87.3 cm³/mol. The Morgan fingerprint density at radius 3 is 1.58 bits per heavy atom. The van der Waals surface area contributed by atoms with Crippen LogP contribution in [0.25, 0.3) is 0 Å². The average molecular weight is 342 g/mol. The van der Waals surface area contributed by atoms with Gasteiger partial charge in [0, 0.05) is 6.07 Å². The molecule has 0 bridgehead atoms. The topological polar surface area (TPSA) is 64.6 Å². The number of benzene rings is 1. The van der Waals surface area contributed by atoms with Crippen LogP contribution in [0.1, 0.15) is 0 Å². The fraction of sp³-hybridized carbons (Fsp3) is 0.647. The smallest absolute Gasteiger partial charge is 0.164 e. The molecule has 0 spiro atoms. The van der Waals surface area contributed by atoms with Gasteiger partial charge in [-0.2, -0.15) is 0 Å². The van der Waals surface area contributed by atoms with Gasteiger partial charge in [-0.05, 0) is 12.1 Å². The molecule has 0 aliphatic carbocycles. The third kappa shape index (κ3) is 7.35. The predicted octanol–water partition coefficient (Wildman–Crippen LogP) is 1.53. The fourth-order valence-electron chi connectivity index (χ4n) is 2.03. The van der Waals surface area contributed by atoms with E-state index in [0.717, 1.165) is 0 Å². The molecule has 0 atom stereocenters. The maximum Gasteiger partial charge on any atom is 0.164 e. The van der Waals surface area contributed by atoms with Crippen molar-refractivity contribution in [1.82, 2.24) is 0 Å². The molecule has 1 aromatic rings. The van der Waals surface area contributed by atoms with Gasteiger partial charge in [0.1, 0.15) is 19.0 Å². The van der Waals surface area contributed by atoms with Crippen molar-refractivity contribution in [3.63, 3.8) is 0 Å². The fourth-order valence-corrected chi connectivity index (χ4v) is 2.03. The Morgan fingerprint density at radius 2 is 1.08 bits per heavy atom. The van der Waals surface area contributed by atoms with E-state index in [2.05, 4.69) is 0 Å². The number of ether oxygens (including phenoxy) is 7. The van der Waals surface area contributed by atoms with Crippen LogP contribution in [0.15, 0.2) is 18.2 Å². The van der Waals surface area contributed by atoms with Gasteiger partial charge in [0.05, 0.1) is 60.0 Å². The van der Waals surface area contributed by atoms with Crippen LogP contribution in [0.3, 0.4) is 0 Å². The Hall–Kier alpha value is -1.54. The molecule has 1 aliphatic heterocycles. The number of methoxy groups -OCH3 is 1. The number of hydrogen-bond acceptors (Lipinski definition) is 7. The molecule has 0 saturated heterocycles. The summed E-state index contributed by atoms with van der Waals surface area (Å²) in [5.74, 6) is 1.99. The molecule has 1 heterocycles. The van der Waals surface area contributed by atoms with Gasteiger partial charge in [0.2, 0.25) is 0 Å². The number of hydrogen-bond donors (Lipinski definition) is 0. The van der Waals surface area contributed by atoms with E-state index < -0.39 is 0 Å². The number of rotatable bonds is 1. The number of fused-ring (bicyclic) bond motifs is 1. The first-order chi connectivity index (χ1) is 11.9. The van der Waals surface area contributed by atoms with E-state index >= 15 is 0 Å². The third-order valence-electron chi connectivity index (χ3n) is 3.24. The molecule has 0 N–H and O–H groups in total. The molecular weight excluding hydrogens is 316 g/mol. The highest BCUT2D eigenvalue weighted by Crippen LogP contribution is 2.31. The summed E-state index contributed by atoms with van der Waals surface area (Å²) in [6.45, 7) is 5.03. The normalized spacial score (nSPS) is 19.0. The molecule has 1 aliphatic rings. The Balaban J connectivity index is 1.88. The molecule has 7 heteroatoms. The highest BCUT2D eigenvalue weighted by atomic mass is 16.6. The monoisotopic (exact) mass is 342 g/mol. The minimum atomic E-state index is 0.420. The molecule has 0 fully saturated rings. The van der Waals surface area contributed by atoms with E-state index in [0.29, 0.717) is 83.3 Å². The second-order valence-corrected chi connectivity index (χ2v) is 4.96. The molecule has 0 amide bonds. The molecule has 0 unspecified atom stereocenters. The second kappa shape index (κ2) is 11.9. The summed E-state index contributed by atoms with van der Waals surface area (Å²) in [7, 11) is 1.61. The lowest BCUT2D eigenvalue weighted by Gasteiger charge is -2.15. The van der Waals surface area contributed by atoms with Crippen LogP contribution in [0, 0.1) is 0 Å². The first-order valence-corrected chi connectivity index (χ1v) is 8.15. The summed E-state index contributed by atoms with van der Waals surface area (Å²) < 4.78 is 38.4. The van der Waals surface area contributed by atoms with Crippen LogP contribution in [-0.4, -0.2) is 73.2 Å². The molecule has 7 nitrogen and oxygen atoms in total. The second-order valence-electron chi connectivity index (χ2n) is 4.96. The van der Waals surface area contributed by atoms with Crippen LogP contribution in [-0.2, 0) is 18.9 Å². The third-order valence-corrected chi connectivity index (χ3v) is 3.24. The molecule has 0 radical (unpaired) electrons. The first kappa shape index (κ1) is 18.8. The van der Waals surface area contributed by atoms with Gasteiger partial charge in [-0.1, -0.05) is 0 Å². The minimum absolute atomic E-state index is 0.420. The molecule has 24 heavy (non-hydrogen) atoms. The zero-order chi connectivity index (χ0) is 16.9. The SMILES string of the molecule is COc1ccc2c(c1)OCCOCCOCCOCCOCCO2. The van der Waals surface area contributed by atoms with Gasteiger partial charge in [0.15, 0.2) is 11.5 Å². The molecule has 1 aromatic carbocycles. The van der Waals surface area contributed by atoms with E-state index in [1.165, 1.54) is 0 Å². The quantitative estimate of drug-likeness (QED) is 0.767. The van der Waals surface area contributed by atoms with Crippen molar-refractivity contribution in [2.75, 3.05) is 73.2 Å². The maximum atomic E-state index is 5.74. The summed E-state index contributed by atoms with van der Waals surface area (Å²) in [5.41, 5.74) is 0. The molecule has 2 rings (SSSR count). The summed E-state index contributed by atoms with van der Waals surface area (Å²) in [4.78, 5) is 0. The zero-order valence-corrected chi connectivity index (χ0v) is 14.2. The zero-order valence-electron chi connectivity index (χ0n) is 14.2. The van der Waals surface area contributed by atoms with E-state index in [-0.39, 0.29) is 0 Å². The van der Waals surface area contributed by atoms with Crippen molar-refractivity contribution in [2.24, 2.45) is 0 Å². The summed E-state index contributed by atoms with van der Waals surface area (Å²) in [6, 6.07) is 5.45. The Morgan fingerprint density at radius 1 is 0.625 bits per heavy atom. The first-order valence-electron chi connectivity index (χ1n) is 8.15. The van der Waals surface area contributed by atoms with Crippen molar-refractivity contribution in [1.29, 1.82) is 0 Å². The van der Waals surface area contributed by atoms with Gasteiger partial charge >= 0.3 is 0 Å². The lowest BCUT2D eigenvalue weighted by Crippen LogP contribution is -2.16. The summed E-state index contributed by atoms with van der Waals surface area (Å²) in [6.07, 6.45) is 0. The largest absolute Gasteiger partial charge is 0.497 e. The average Bonchev–Trinajstić information content (AvgIpc) is 2.61. The van der Waals surface area contributed by atoms with Gasteiger partial charge in [0.25, 0.3) is 0 Å². The Bertz CT molecular complexity index is 453. The van der Waals surface area contributed by atoms with E-state index in [4.69, 9.17) is 33.2 Å². The molecule has 0 aromatic heterocycles. The van der Waals surface area contributed by atoms with Gasteiger partial charge in [-0.15, -0.1) is 0 Å². The maximum absolute atomic E-state index is 5.74. The van der Waals surface area contributed by atoms with E-state index in [9.17, 15) is 0 Å². The Kier molecular flexibility index (Phi) is 9.33. The summed E-state index contributed by atoms with van der Waals surface area (Å²) >= 11 is 0. The van der Waals surface area contributed by atoms with Crippen molar-refractivity contribution in [3.05, 3.63) is 18.2 Å². The van der Waals surface area contributed by atoms with Gasteiger partial charge in [-0.3, -0.25) is 0 Å². The highest BCUT2D eigenvalue weighted by molar-refractivity contribution is 5.45. The van der Waals surface area contributed by atoms with Crippen molar-refractivity contribution >= 4 is 0 Å². The van der Waals surface area contributed by atoms with Crippen molar-refractivity contribution in [3.8, 4) is 17.2 Å².